The molecule has 3 aromatic heterocycles. The molecule has 0 bridgehead atoms. The van der Waals surface area contributed by atoms with Gasteiger partial charge in [-0.25, -0.2) is 0 Å². The molecule has 0 aliphatic heterocycles. The molecule has 0 aliphatic carbocycles. The van der Waals surface area contributed by atoms with Crippen molar-refractivity contribution < 1.29 is 32.3 Å². The Balaban J connectivity index is 0.000000810. The van der Waals surface area contributed by atoms with E-state index in [4.69, 9.17) is 0 Å². The van der Waals surface area contributed by atoms with Gasteiger partial charge in [0.15, 0.2) is 18.6 Å². The van der Waals surface area contributed by atoms with Crippen LogP contribution in [0.2, 0.25) is 0 Å². The van der Waals surface area contributed by atoms with Crippen LogP contribution in [0.1, 0.15) is 0 Å². The maximum absolute atomic E-state index is 3.19. The predicted molar refractivity (Wildman–Crippen MR) is 62.1 cm³/mol. The molecule has 0 saturated heterocycles. The van der Waals surface area contributed by atoms with Gasteiger partial charge in [-0.15, -0.1) is 0 Å². The van der Waals surface area contributed by atoms with E-state index >= 15 is 0 Å². The zero-order valence-corrected chi connectivity index (χ0v) is 11.4. The number of nitrogens with zero attached hydrogens (tertiary/aromatic N) is 3. The van der Waals surface area contributed by atoms with Crippen molar-refractivity contribution >= 4 is 17.2 Å². The average molecular weight is 305 g/mol. The number of hydrogen-bond donors (Lipinski definition) is 0. The Morgan fingerprint density at radius 1 is 0.667 bits per heavy atom. The first kappa shape index (κ1) is 14.4. The van der Waals surface area contributed by atoms with E-state index in [0.717, 1.165) is 0 Å². The minimum absolute atomic E-state index is 0. The second kappa shape index (κ2) is 6.32. The molecule has 6 nitrogen and oxygen atoms in total. The molecule has 3 rings (SSSR count). The quantitative estimate of drug-likeness (QED) is 0.435. The fourth-order valence-corrected chi connectivity index (χ4v) is 2.01. The van der Waals surface area contributed by atoms with Crippen molar-refractivity contribution in [2.75, 3.05) is 0 Å². The van der Waals surface area contributed by atoms with E-state index in [2.05, 4.69) is 29.1 Å². The molecule has 0 unspecified atom stereocenters. The van der Waals surface area contributed by atoms with Gasteiger partial charge < -0.3 is 17.0 Å². The van der Waals surface area contributed by atoms with Gasteiger partial charge in [-0.05, 0) is 0 Å². The first-order valence-corrected chi connectivity index (χ1v) is 5.26. The number of nitrogens with one attached hydrogen (secondary N) is 3. The number of halogens is 1. The van der Waals surface area contributed by atoms with Crippen molar-refractivity contribution in [1.29, 1.82) is 0 Å². The second-order valence-electron chi connectivity index (χ2n) is 3.75. The molecule has 18 heavy (non-hydrogen) atoms. The van der Waals surface area contributed by atoms with Gasteiger partial charge in [0.25, 0.3) is 0 Å². The smallest absolute Gasteiger partial charge is 1.00 e. The summed E-state index contributed by atoms with van der Waals surface area (Å²) in [6.45, 7) is 0. The van der Waals surface area contributed by atoms with Crippen LogP contribution in [0.5, 0.6) is 0 Å². The number of H-pyrrole nitrogens is 3. The third-order valence-electron chi connectivity index (χ3n) is 2.72. The van der Waals surface area contributed by atoms with Crippen molar-refractivity contribution in [2.24, 2.45) is 0 Å². The third-order valence-corrected chi connectivity index (χ3v) is 2.72. The van der Waals surface area contributed by atoms with Crippen molar-refractivity contribution in [3.63, 3.8) is 0 Å². The van der Waals surface area contributed by atoms with Crippen LogP contribution in [0.15, 0.2) is 55.4 Å². The standard InChI is InChI=1S/C9H10BN6.Be.BrH/c1-4-11-14(7-1)10(15-8-2-5-12-15)16-9-3-6-13-16;;/h1-10H;;1H/q-1;+2;/p+2. The largest absolute Gasteiger partial charge is 2.00 e. The Bertz CT molecular complexity index is 456. The van der Waals surface area contributed by atoms with Gasteiger partial charge >= 0.3 is 17.2 Å². The first-order chi connectivity index (χ1) is 7.95. The summed E-state index contributed by atoms with van der Waals surface area (Å²) in [5.41, 5.74) is 0. The summed E-state index contributed by atoms with van der Waals surface area (Å²) in [6.07, 6.45) is 11.8. The fourth-order valence-electron chi connectivity index (χ4n) is 2.01. The van der Waals surface area contributed by atoms with Crippen LogP contribution in [-0.4, -0.2) is 31.0 Å². The molecule has 0 aliphatic rings. The summed E-state index contributed by atoms with van der Waals surface area (Å²) >= 11 is 0. The molecule has 0 saturated carbocycles. The number of aromatic nitrogens is 6. The van der Waals surface area contributed by atoms with Crippen molar-refractivity contribution in [1.82, 2.24) is 13.8 Å². The van der Waals surface area contributed by atoms with Gasteiger partial charge in [-0.3, -0.25) is 13.8 Å². The molecule has 0 radical (unpaired) electrons. The Kier molecular flexibility index (Phi) is 5.06. The Morgan fingerprint density at radius 2 is 1.00 bits per heavy atom. The van der Waals surface area contributed by atoms with Gasteiger partial charge in [0.1, 0.15) is 0 Å². The maximum Gasteiger partial charge on any atom is 2.00 e. The van der Waals surface area contributed by atoms with Crippen LogP contribution in [0.3, 0.4) is 0 Å². The third kappa shape index (κ3) is 2.60. The predicted octanol–water partition coefficient (Wildman–Crippen LogP) is -5.18. The summed E-state index contributed by atoms with van der Waals surface area (Å²) in [6, 6.07) is 5.94. The summed E-state index contributed by atoms with van der Waals surface area (Å²) in [5.74, 6) is 0. The minimum atomic E-state index is -0.958. The van der Waals surface area contributed by atoms with E-state index in [9.17, 15) is 0 Å². The van der Waals surface area contributed by atoms with Gasteiger partial charge in [0.05, 0.1) is 0 Å². The van der Waals surface area contributed by atoms with Crippen molar-refractivity contribution in [3.8, 4) is 0 Å². The Morgan fingerprint density at radius 3 is 1.22 bits per heavy atom. The van der Waals surface area contributed by atoms with Crippen molar-refractivity contribution in [3.05, 3.63) is 55.4 Å². The van der Waals surface area contributed by atoms with E-state index < -0.39 is 7.12 Å². The first-order valence-electron chi connectivity index (χ1n) is 5.26. The molecule has 0 atom stereocenters. The summed E-state index contributed by atoms with van der Waals surface area (Å²) in [4.78, 5) is 0. The topological polar surface area (TPSA) is 57.2 Å². The molecule has 0 fully saturated rings. The second-order valence-corrected chi connectivity index (χ2v) is 3.75. The molecule has 0 spiro atoms. The van der Waals surface area contributed by atoms with Gasteiger partial charge in [-0.1, -0.05) is 0 Å². The van der Waals surface area contributed by atoms with E-state index in [1.54, 1.807) is 0 Å². The SMILES string of the molecule is [Be+2].[Br-].c1c[nH+]n([BH-](n2ccc[nH+]2)n2ccc[nH+]2)c1. The van der Waals surface area contributed by atoms with Crippen molar-refractivity contribution in [2.45, 2.75) is 0 Å². The number of rotatable bonds is 3. The minimum Gasteiger partial charge on any atom is -1.00 e. The molecule has 0 aromatic carbocycles. The fraction of sp³-hybridized carbons (Fsp3) is 0. The van der Waals surface area contributed by atoms with Gasteiger partial charge in [0, 0.05) is 36.8 Å². The molecule has 0 amide bonds. The zero-order chi connectivity index (χ0) is 10.8. The molecule has 88 valence electrons. The van der Waals surface area contributed by atoms with Crippen LogP contribution in [-0.2, 0) is 0 Å². The Hall–Kier alpha value is -1.66. The van der Waals surface area contributed by atoms with Crippen LogP contribution in [0, 0.1) is 0 Å². The van der Waals surface area contributed by atoms with Crippen LogP contribution in [0.4, 0.5) is 0 Å². The molecular formula is C9H13BBeBrN6+3. The van der Waals surface area contributed by atoms with E-state index in [-0.39, 0.29) is 27.1 Å². The van der Waals surface area contributed by atoms with E-state index in [0.29, 0.717) is 0 Å². The van der Waals surface area contributed by atoms with Crippen LogP contribution >= 0.6 is 0 Å². The molecule has 3 heterocycles. The van der Waals surface area contributed by atoms with Crippen LogP contribution < -0.4 is 32.3 Å². The number of aromatic amines is 3. The molecule has 3 aromatic rings. The molecule has 3 N–H and O–H groups in total. The van der Waals surface area contributed by atoms with Crippen LogP contribution in [0.25, 0.3) is 0 Å². The molecule has 9 heteroatoms. The average Bonchev–Trinajstić information content (AvgIpc) is 3.02. The Labute approximate surface area is 119 Å². The molecular weight excluding hydrogens is 292 g/mol. The zero-order valence-electron chi connectivity index (χ0n) is 9.83. The van der Waals surface area contributed by atoms with E-state index in [1.165, 1.54) is 0 Å². The maximum atomic E-state index is 3.19. The summed E-state index contributed by atoms with van der Waals surface area (Å²) in [7, 11) is -0.958. The van der Waals surface area contributed by atoms with E-state index in [1.807, 2.05) is 55.4 Å². The monoisotopic (exact) mass is 304 g/mol. The van der Waals surface area contributed by atoms with Gasteiger partial charge in [0.2, 0.25) is 0 Å². The van der Waals surface area contributed by atoms with Gasteiger partial charge in [-0.2, -0.15) is 15.3 Å². The normalized spacial score (nSPS) is 9.83. The number of hydrogen-bond acceptors (Lipinski definition) is 0. The summed E-state index contributed by atoms with van der Waals surface area (Å²) < 4.78 is 6.19. The summed E-state index contributed by atoms with van der Waals surface area (Å²) in [5, 5.41) is 9.56.